The molecule has 0 aliphatic carbocycles. The Labute approximate surface area is 173 Å². The molecule has 0 saturated carbocycles. The quantitative estimate of drug-likeness (QED) is 0.389. The Morgan fingerprint density at radius 3 is 2.55 bits per heavy atom. The van der Waals surface area contributed by atoms with Gasteiger partial charge in [-0.2, -0.15) is 0 Å². The number of carbonyl (C=O) groups is 2. The molecule has 2 aromatic carbocycles. The number of nitro benzene ring substituents is 1. The molecule has 10 heteroatoms. The topological polar surface area (TPSA) is 131 Å². The van der Waals surface area contributed by atoms with Crippen LogP contribution in [0.1, 0.15) is 17.5 Å². The standard InChI is InChI=1S/C19H21N5O4.ClH/c20-16-4-1-5-17-15(16)3-2-10-23(17)18(25)12-22-19(26)21-11-13-6-8-14(9-7-13)24(27)28;/h1,4-9H,2-3,10-12,20H2,(H2,21,22,26);1H. The van der Waals surface area contributed by atoms with Crippen molar-refractivity contribution in [1.29, 1.82) is 0 Å². The van der Waals surface area contributed by atoms with Crippen molar-refractivity contribution >= 4 is 41.4 Å². The van der Waals surface area contributed by atoms with Gasteiger partial charge in [0.05, 0.1) is 11.5 Å². The van der Waals surface area contributed by atoms with Gasteiger partial charge in [0.25, 0.3) is 5.69 Å². The van der Waals surface area contributed by atoms with Crippen LogP contribution < -0.4 is 21.3 Å². The van der Waals surface area contributed by atoms with E-state index in [2.05, 4.69) is 10.6 Å². The van der Waals surface area contributed by atoms with Gasteiger partial charge in [-0.05, 0) is 36.1 Å². The third kappa shape index (κ3) is 5.35. The fourth-order valence-electron chi connectivity index (χ4n) is 3.14. The van der Waals surface area contributed by atoms with E-state index in [9.17, 15) is 19.7 Å². The summed E-state index contributed by atoms with van der Waals surface area (Å²) in [7, 11) is 0. The minimum absolute atomic E-state index is 0. The molecule has 29 heavy (non-hydrogen) atoms. The summed E-state index contributed by atoms with van der Waals surface area (Å²) in [6.07, 6.45) is 1.65. The number of fused-ring (bicyclic) bond motifs is 1. The van der Waals surface area contributed by atoms with Gasteiger partial charge in [0.1, 0.15) is 0 Å². The number of nitrogens with one attached hydrogen (secondary N) is 2. The third-order valence-electron chi connectivity index (χ3n) is 4.59. The molecular weight excluding hydrogens is 398 g/mol. The molecule has 0 bridgehead atoms. The highest BCUT2D eigenvalue weighted by Crippen LogP contribution is 2.31. The van der Waals surface area contributed by atoms with Crippen LogP contribution in [0.25, 0.3) is 0 Å². The van der Waals surface area contributed by atoms with Crippen molar-refractivity contribution < 1.29 is 14.5 Å². The zero-order valence-corrected chi connectivity index (χ0v) is 16.4. The monoisotopic (exact) mass is 419 g/mol. The summed E-state index contributed by atoms with van der Waals surface area (Å²) in [5, 5.41) is 15.8. The van der Waals surface area contributed by atoms with Gasteiger partial charge >= 0.3 is 6.03 Å². The van der Waals surface area contributed by atoms with E-state index in [0.29, 0.717) is 17.8 Å². The molecule has 1 aliphatic rings. The fraction of sp³-hybridized carbons (Fsp3) is 0.263. The zero-order valence-electron chi connectivity index (χ0n) is 15.6. The van der Waals surface area contributed by atoms with Crippen molar-refractivity contribution in [2.45, 2.75) is 19.4 Å². The molecule has 4 N–H and O–H groups in total. The predicted molar refractivity (Wildman–Crippen MR) is 112 cm³/mol. The first-order valence-corrected chi connectivity index (χ1v) is 8.88. The first-order chi connectivity index (χ1) is 13.5. The van der Waals surface area contributed by atoms with Crippen molar-refractivity contribution in [3.05, 3.63) is 63.7 Å². The second-order valence-electron chi connectivity index (χ2n) is 6.45. The SMILES string of the molecule is Cl.Nc1cccc2c1CCCN2C(=O)CNC(=O)NCc1ccc([N+](=O)[O-])cc1. The number of carbonyl (C=O) groups excluding carboxylic acids is 2. The molecule has 1 heterocycles. The van der Waals surface area contributed by atoms with Gasteiger partial charge in [0.2, 0.25) is 5.91 Å². The zero-order chi connectivity index (χ0) is 20.1. The highest BCUT2D eigenvalue weighted by atomic mass is 35.5. The number of nitrogens with zero attached hydrogens (tertiary/aromatic N) is 2. The number of urea groups is 1. The van der Waals surface area contributed by atoms with E-state index in [1.165, 1.54) is 12.1 Å². The van der Waals surface area contributed by atoms with E-state index in [1.54, 1.807) is 17.0 Å². The van der Waals surface area contributed by atoms with Gasteiger partial charge in [0, 0.05) is 36.6 Å². The van der Waals surface area contributed by atoms with Crippen LogP contribution in [0.2, 0.25) is 0 Å². The number of nitro groups is 1. The van der Waals surface area contributed by atoms with E-state index in [-0.39, 0.29) is 37.1 Å². The van der Waals surface area contributed by atoms with E-state index in [1.807, 2.05) is 18.2 Å². The first-order valence-electron chi connectivity index (χ1n) is 8.88. The molecule has 9 nitrogen and oxygen atoms in total. The highest BCUT2D eigenvalue weighted by molar-refractivity contribution is 5.98. The predicted octanol–water partition coefficient (Wildman–Crippen LogP) is 2.38. The highest BCUT2D eigenvalue weighted by Gasteiger charge is 2.23. The van der Waals surface area contributed by atoms with Crippen LogP contribution in [0, 0.1) is 10.1 Å². The van der Waals surface area contributed by atoms with Crippen LogP contribution in [-0.2, 0) is 17.8 Å². The molecule has 0 spiro atoms. The van der Waals surface area contributed by atoms with Crippen molar-refractivity contribution in [2.24, 2.45) is 0 Å². The van der Waals surface area contributed by atoms with Crippen molar-refractivity contribution in [3.63, 3.8) is 0 Å². The Morgan fingerprint density at radius 1 is 1.14 bits per heavy atom. The first kappa shape index (κ1) is 22.0. The molecule has 0 aromatic heterocycles. The van der Waals surface area contributed by atoms with Crippen LogP contribution in [0.15, 0.2) is 42.5 Å². The summed E-state index contributed by atoms with van der Waals surface area (Å²) in [5.74, 6) is -0.211. The van der Waals surface area contributed by atoms with E-state index in [4.69, 9.17) is 5.73 Å². The summed E-state index contributed by atoms with van der Waals surface area (Å²) >= 11 is 0. The Balaban J connectivity index is 0.00000300. The van der Waals surface area contributed by atoms with Gasteiger partial charge in [-0.3, -0.25) is 14.9 Å². The van der Waals surface area contributed by atoms with Crippen molar-refractivity contribution in [2.75, 3.05) is 23.7 Å². The van der Waals surface area contributed by atoms with Crippen LogP contribution >= 0.6 is 12.4 Å². The van der Waals surface area contributed by atoms with E-state index >= 15 is 0 Å². The van der Waals surface area contributed by atoms with Crippen LogP contribution in [0.5, 0.6) is 0 Å². The number of hydrogen-bond donors (Lipinski definition) is 3. The smallest absolute Gasteiger partial charge is 0.315 e. The second kappa shape index (κ2) is 9.74. The number of benzene rings is 2. The molecule has 0 radical (unpaired) electrons. The van der Waals surface area contributed by atoms with Gasteiger partial charge < -0.3 is 21.3 Å². The number of nitrogens with two attached hydrogens (primary N) is 1. The second-order valence-corrected chi connectivity index (χ2v) is 6.45. The minimum atomic E-state index is -0.489. The minimum Gasteiger partial charge on any atom is -0.398 e. The Kier molecular flexibility index (Phi) is 7.38. The number of rotatable bonds is 5. The number of halogens is 1. The average Bonchev–Trinajstić information content (AvgIpc) is 2.70. The van der Waals surface area contributed by atoms with Crippen LogP contribution in [0.3, 0.4) is 0 Å². The van der Waals surface area contributed by atoms with Crippen LogP contribution in [-0.4, -0.2) is 30.0 Å². The van der Waals surface area contributed by atoms with Gasteiger partial charge in [-0.1, -0.05) is 18.2 Å². The normalized spacial score (nSPS) is 12.3. The van der Waals surface area contributed by atoms with Crippen molar-refractivity contribution in [1.82, 2.24) is 10.6 Å². The van der Waals surface area contributed by atoms with Gasteiger partial charge in [-0.15, -0.1) is 12.4 Å². The number of amides is 3. The lowest BCUT2D eigenvalue weighted by Crippen LogP contribution is -2.45. The van der Waals surface area contributed by atoms with E-state index < -0.39 is 11.0 Å². The number of anilines is 2. The Bertz CT molecular complexity index is 904. The molecule has 154 valence electrons. The molecule has 0 fully saturated rings. The molecule has 1 aliphatic heterocycles. The molecule has 2 aromatic rings. The summed E-state index contributed by atoms with van der Waals surface area (Å²) in [5.41, 5.74) is 9.12. The molecule has 3 amide bonds. The lowest BCUT2D eigenvalue weighted by Gasteiger charge is -2.30. The number of non-ortho nitro benzene ring substituents is 1. The fourth-order valence-corrected chi connectivity index (χ4v) is 3.14. The largest absolute Gasteiger partial charge is 0.398 e. The van der Waals surface area contributed by atoms with Gasteiger partial charge in [0.15, 0.2) is 0 Å². The lowest BCUT2D eigenvalue weighted by molar-refractivity contribution is -0.384. The van der Waals surface area contributed by atoms with Gasteiger partial charge in [-0.25, -0.2) is 4.79 Å². The molecule has 3 rings (SSSR count). The average molecular weight is 420 g/mol. The summed E-state index contributed by atoms with van der Waals surface area (Å²) in [6.45, 7) is 0.642. The molecule has 0 saturated heterocycles. The maximum Gasteiger partial charge on any atom is 0.315 e. The lowest BCUT2D eigenvalue weighted by atomic mass is 10.00. The van der Waals surface area contributed by atoms with Crippen molar-refractivity contribution in [3.8, 4) is 0 Å². The summed E-state index contributed by atoms with van der Waals surface area (Å²) in [4.78, 5) is 36.3. The third-order valence-corrected chi connectivity index (χ3v) is 4.59. The molecular formula is C19H22ClN5O4. The maximum atomic E-state index is 12.5. The van der Waals surface area contributed by atoms with Crippen LogP contribution in [0.4, 0.5) is 21.9 Å². The van der Waals surface area contributed by atoms with E-state index in [0.717, 1.165) is 24.1 Å². The number of nitrogen functional groups attached to an aromatic ring is 1. The Hall–Kier alpha value is -3.33. The molecule has 0 atom stereocenters. The summed E-state index contributed by atoms with van der Waals surface area (Å²) in [6, 6.07) is 10.9. The Morgan fingerprint density at radius 2 is 1.86 bits per heavy atom. The maximum absolute atomic E-state index is 12.5. The molecule has 0 unspecified atom stereocenters. The summed E-state index contributed by atoms with van der Waals surface area (Å²) < 4.78 is 0. The number of hydrogen-bond acceptors (Lipinski definition) is 5.